The molecular formula is C25H17F3N4O5. The maximum atomic E-state index is 13.7. The average Bonchev–Trinajstić information content (AvgIpc) is 3.34. The van der Waals surface area contributed by atoms with Gasteiger partial charge in [0.2, 0.25) is 11.7 Å². The smallest absolute Gasteiger partial charge is 0.465 e. The molecule has 2 amide bonds. The molecule has 5 rings (SSSR count). The molecule has 1 aliphatic rings. The molecule has 1 aliphatic heterocycles. The molecule has 12 heteroatoms. The van der Waals surface area contributed by atoms with Crippen LogP contribution >= 0.6 is 0 Å². The number of carbonyl (C=O) groups excluding carboxylic acids is 2. The lowest BCUT2D eigenvalue weighted by Crippen LogP contribution is -2.50. The number of aromatic nitrogens is 2. The summed E-state index contributed by atoms with van der Waals surface area (Å²) >= 11 is 0. The Morgan fingerprint density at radius 2 is 1.78 bits per heavy atom. The van der Waals surface area contributed by atoms with E-state index in [0.717, 1.165) is 4.90 Å². The zero-order chi connectivity index (χ0) is 26.5. The zero-order valence-corrected chi connectivity index (χ0v) is 19.0. The first-order chi connectivity index (χ1) is 17.5. The van der Waals surface area contributed by atoms with Gasteiger partial charge < -0.3 is 14.8 Å². The van der Waals surface area contributed by atoms with Gasteiger partial charge in [-0.3, -0.25) is 15.0 Å². The average molecular weight is 510 g/mol. The molecule has 3 aromatic carbocycles. The fourth-order valence-electron chi connectivity index (χ4n) is 4.46. The molecular weight excluding hydrogens is 493 g/mol. The van der Waals surface area contributed by atoms with Crippen LogP contribution in [0.25, 0.3) is 11.0 Å². The molecule has 9 nitrogen and oxygen atoms in total. The number of H-pyrrole nitrogens is 1. The summed E-state index contributed by atoms with van der Waals surface area (Å²) in [5.41, 5.74) is -0.961. The lowest BCUT2D eigenvalue weighted by Gasteiger charge is -2.39. The van der Waals surface area contributed by atoms with Crippen LogP contribution in [0.15, 0.2) is 66.7 Å². The van der Waals surface area contributed by atoms with Crippen molar-refractivity contribution in [1.29, 1.82) is 0 Å². The number of aryl methyl sites for hydroxylation is 1. The Morgan fingerprint density at radius 1 is 1.08 bits per heavy atom. The van der Waals surface area contributed by atoms with Crippen LogP contribution in [0, 0.1) is 6.92 Å². The monoisotopic (exact) mass is 510 g/mol. The van der Waals surface area contributed by atoms with Crippen LogP contribution in [0.2, 0.25) is 0 Å². The molecule has 1 atom stereocenters. The van der Waals surface area contributed by atoms with Crippen LogP contribution in [0.1, 0.15) is 27.0 Å². The Kier molecular flexibility index (Phi) is 5.39. The maximum Gasteiger partial charge on any atom is 0.491 e. The summed E-state index contributed by atoms with van der Waals surface area (Å²) in [6.45, 7) is 1.67. The number of rotatable bonds is 4. The normalized spacial score (nSPS) is 17.1. The minimum atomic E-state index is -5.36. The van der Waals surface area contributed by atoms with E-state index in [1.165, 1.54) is 36.4 Å². The van der Waals surface area contributed by atoms with Gasteiger partial charge in [-0.25, -0.2) is 14.6 Å². The highest BCUT2D eigenvalue weighted by molar-refractivity contribution is 6.13. The van der Waals surface area contributed by atoms with Gasteiger partial charge in [0.15, 0.2) is 0 Å². The molecule has 37 heavy (non-hydrogen) atoms. The number of carboxylic acid groups (broad SMARTS) is 1. The van der Waals surface area contributed by atoms with E-state index in [-0.39, 0.29) is 39.4 Å². The molecule has 1 unspecified atom stereocenters. The van der Waals surface area contributed by atoms with Crippen molar-refractivity contribution in [2.45, 2.75) is 18.8 Å². The molecule has 0 fully saturated rings. The van der Waals surface area contributed by atoms with Crippen LogP contribution < -0.4 is 10.2 Å². The van der Waals surface area contributed by atoms with E-state index in [4.69, 9.17) is 9.84 Å². The maximum absolute atomic E-state index is 13.7. The largest absolute Gasteiger partial charge is 0.491 e. The number of amides is 2. The van der Waals surface area contributed by atoms with E-state index >= 15 is 0 Å². The van der Waals surface area contributed by atoms with Crippen molar-refractivity contribution in [3.8, 4) is 0 Å². The van der Waals surface area contributed by atoms with Gasteiger partial charge in [0.1, 0.15) is 0 Å². The second kappa shape index (κ2) is 8.36. The Morgan fingerprint density at radius 3 is 2.49 bits per heavy atom. The molecule has 4 aromatic rings. The Bertz CT molecular complexity index is 1580. The van der Waals surface area contributed by atoms with E-state index in [1.807, 2.05) is 0 Å². The number of imidazole rings is 1. The van der Waals surface area contributed by atoms with E-state index in [0.29, 0.717) is 5.56 Å². The van der Waals surface area contributed by atoms with Crippen LogP contribution in [-0.2, 0) is 15.3 Å². The Hall–Kier alpha value is -4.87. The van der Waals surface area contributed by atoms with Crippen LogP contribution in [0.5, 0.6) is 0 Å². The van der Waals surface area contributed by atoms with Crippen molar-refractivity contribution in [3.63, 3.8) is 0 Å². The summed E-state index contributed by atoms with van der Waals surface area (Å²) in [6.07, 6.45) is -6.74. The van der Waals surface area contributed by atoms with Crippen LogP contribution in [-0.4, -0.2) is 39.2 Å². The van der Waals surface area contributed by atoms with E-state index in [9.17, 15) is 27.6 Å². The molecule has 0 spiro atoms. The predicted octanol–water partition coefficient (Wildman–Crippen LogP) is 4.93. The number of benzene rings is 3. The van der Waals surface area contributed by atoms with Gasteiger partial charge in [-0.05, 0) is 36.8 Å². The number of alkyl halides is 3. The Labute approximate surface area is 206 Å². The number of hydrogen-bond acceptors (Lipinski definition) is 5. The SMILES string of the molecule is Cc1ccccc1N1C(=O)c2ccccc2C1(OC(=O)C(F)(F)F)c1ccc2nc(NC(=O)O)[nH]c2c1. The molecule has 3 N–H and O–H groups in total. The van der Waals surface area contributed by atoms with Crippen molar-refractivity contribution >= 4 is 40.6 Å². The summed E-state index contributed by atoms with van der Waals surface area (Å²) in [7, 11) is 0. The van der Waals surface area contributed by atoms with E-state index < -0.39 is 29.9 Å². The standard InChI is InChI=1S/C25H17F3N4O5/c1-13-6-2-5-9-19(13)32-20(33)15-7-3-4-8-16(15)24(32,37-21(34)25(26,27)28)14-10-11-17-18(12-14)30-22(29-17)31-23(35)36/h2-12H,1H3,(H,35,36)(H2,29,30,31). The van der Waals surface area contributed by atoms with Gasteiger partial charge >= 0.3 is 18.2 Å². The number of anilines is 2. The highest BCUT2D eigenvalue weighted by Crippen LogP contribution is 2.49. The van der Waals surface area contributed by atoms with Crippen molar-refractivity contribution in [1.82, 2.24) is 9.97 Å². The summed E-state index contributed by atoms with van der Waals surface area (Å²) in [5.74, 6) is -3.29. The zero-order valence-electron chi connectivity index (χ0n) is 19.0. The van der Waals surface area contributed by atoms with Crippen molar-refractivity contribution in [2.75, 3.05) is 10.2 Å². The number of aromatic amines is 1. The number of carbonyl (C=O) groups is 3. The third kappa shape index (κ3) is 3.82. The number of esters is 1. The lowest BCUT2D eigenvalue weighted by atomic mass is 9.92. The highest BCUT2D eigenvalue weighted by atomic mass is 19.4. The number of nitrogens with one attached hydrogen (secondary N) is 2. The fraction of sp³-hybridized carbons (Fsp3) is 0.120. The predicted molar refractivity (Wildman–Crippen MR) is 125 cm³/mol. The number of halogens is 3. The number of nitrogens with zero attached hydrogens (tertiary/aromatic N) is 2. The van der Waals surface area contributed by atoms with Crippen molar-refractivity contribution in [3.05, 3.63) is 89.0 Å². The highest BCUT2D eigenvalue weighted by Gasteiger charge is 2.58. The van der Waals surface area contributed by atoms with Gasteiger partial charge in [0, 0.05) is 16.7 Å². The summed E-state index contributed by atoms with van der Waals surface area (Å²) < 4.78 is 46.1. The van der Waals surface area contributed by atoms with Gasteiger partial charge in [0.05, 0.1) is 16.7 Å². The quantitative estimate of drug-likeness (QED) is 0.335. The number of ether oxygens (including phenoxy) is 1. The van der Waals surface area contributed by atoms with Crippen molar-refractivity contribution in [2.24, 2.45) is 0 Å². The van der Waals surface area contributed by atoms with Crippen LogP contribution in [0.3, 0.4) is 0 Å². The second-order valence-corrected chi connectivity index (χ2v) is 8.25. The van der Waals surface area contributed by atoms with E-state index in [1.54, 1.807) is 37.3 Å². The molecule has 0 bridgehead atoms. The lowest BCUT2D eigenvalue weighted by molar-refractivity contribution is -0.211. The van der Waals surface area contributed by atoms with Gasteiger partial charge in [-0.15, -0.1) is 0 Å². The molecule has 188 valence electrons. The molecule has 0 radical (unpaired) electrons. The molecule has 0 saturated heterocycles. The minimum absolute atomic E-state index is 0.00433. The first kappa shape index (κ1) is 23.9. The Balaban J connectivity index is 1.82. The van der Waals surface area contributed by atoms with Crippen molar-refractivity contribution < 1.29 is 37.4 Å². The van der Waals surface area contributed by atoms with E-state index in [2.05, 4.69) is 15.3 Å². The number of para-hydroxylation sites is 1. The molecule has 2 heterocycles. The van der Waals surface area contributed by atoms with Gasteiger partial charge in [0.25, 0.3) is 5.91 Å². The molecule has 1 aromatic heterocycles. The number of hydrogen-bond donors (Lipinski definition) is 3. The third-order valence-electron chi connectivity index (χ3n) is 5.97. The summed E-state index contributed by atoms with van der Waals surface area (Å²) in [5, 5.41) is 11.0. The first-order valence-electron chi connectivity index (χ1n) is 10.8. The molecule has 0 aliphatic carbocycles. The summed E-state index contributed by atoms with van der Waals surface area (Å²) in [6, 6.07) is 16.6. The minimum Gasteiger partial charge on any atom is -0.465 e. The fourth-order valence-corrected chi connectivity index (χ4v) is 4.46. The van der Waals surface area contributed by atoms with Gasteiger partial charge in [-0.2, -0.15) is 13.2 Å². The third-order valence-corrected chi connectivity index (χ3v) is 5.97. The topological polar surface area (TPSA) is 125 Å². The first-order valence-corrected chi connectivity index (χ1v) is 10.8. The number of fused-ring (bicyclic) bond motifs is 2. The molecule has 0 saturated carbocycles. The summed E-state index contributed by atoms with van der Waals surface area (Å²) in [4.78, 5) is 45.0. The second-order valence-electron chi connectivity index (χ2n) is 8.25. The van der Waals surface area contributed by atoms with Gasteiger partial charge in [-0.1, -0.05) is 42.5 Å². The van der Waals surface area contributed by atoms with Crippen LogP contribution in [0.4, 0.5) is 29.6 Å².